The second kappa shape index (κ2) is 11.1. The van der Waals surface area contributed by atoms with Crippen LogP contribution in [0.5, 0.6) is 11.6 Å². The fourth-order valence-electron chi connectivity index (χ4n) is 4.23. The lowest BCUT2D eigenvalue weighted by atomic mass is 10.1. The molecule has 0 radical (unpaired) electrons. The molecule has 0 fully saturated rings. The summed E-state index contributed by atoms with van der Waals surface area (Å²) in [4.78, 5) is 34.2. The van der Waals surface area contributed by atoms with E-state index in [1.165, 1.54) is 35.9 Å². The number of amides is 1. The molecule has 1 N–H and O–H groups in total. The summed E-state index contributed by atoms with van der Waals surface area (Å²) in [6.45, 7) is 3.75. The first-order valence-electron chi connectivity index (χ1n) is 12.3. The third-order valence-electron chi connectivity index (χ3n) is 6.30. The molecular formula is C27H23F3N6O4S. The molecule has 5 aromatic rings. The number of aryl methyl sites for hydroxylation is 2. The highest BCUT2D eigenvalue weighted by atomic mass is 32.1. The summed E-state index contributed by atoms with van der Waals surface area (Å²) < 4.78 is 51.3. The van der Waals surface area contributed by atoms with E-state index >= 15 is 4.39 Å². The van der Waals surface area contributed by atoms with Gasteiger partial charge in [0.15, 0.2) is 11.6 Å². The summed E-state index contributed by atoms with van der Waals surface area (Å²) in [5.74, 6) is -0.555. The molecule has 10 nitrogen and oxygen atoms in total. The first-order valence-corrected chi connectivity index (χ1v) is 13.1. The van der Waals surface area contributed by atoms with E-state index in [2.05, 4.69) is 29.7 Å². The highest BCUT2D eigenvalue weighted by Gasteiger charge is 2.29. The van der Waals surface area contributed by atoms with Gasteiger partial charge in [-0.2, -0.15) is 8.78 Å². The van der Waals surface area contributed by atoms with Gasteiger partial charge in [-0.25, -0.2) is 34.1 Å². The topological polar surface area (TPSA) is 123 Å². The van der Waals surface area contributed by atoms with Crippen molar-refractivity contribution in [1.82, 2.24) is 24.9 Å². The molecule has 5 rings (SSSR count). The number of anilines is 1. The molecule has 0 unspecified atom stereocenters. The Morgan fingerprint density at radius 2 is 1.71 bits per heavy atom. The number of carboxylic acid groups (broad SMARTS) is 1. The average Bonchev–Trinajstić information content (AvgIpc) is 3.31. The SMILES string of the molecule is Cc1cc(-c2nc3cc(F)c(O[C@@H](C)[C@@H](C)N(C(=O)O)c4cnc(C)nc4)cc3s2)c2ncc(OC(F)F)nc2c1. The first kappa shape index (κ1) is 28.0. The summed E-state index contributed by atoms with van der Waals surface area (Å²) in [5, 5.41) is 10.3. The van der Waals surface area contributed by atoms with Crippen LogP contribution < -0.4 is 14.4 Å². The minimum atomic E-state index is -3.03. The fraction of sp³-hybridized carbons (Fsp3) is 0.259. The molecule has 1 amide bonds. The van der Waals surface area contributed by atoms with E-state index in [4.69, 9.17) is 4.74 Å². The minimum Gasteiger partial charge on any atom is -0.485 e. The van der Waals surface area contributed by atoms with Crippen molar-refractivity contribution in [3.05, 3.63) is 60.1 Å². The molecule has 41 heavy (non-hydrogen) atoms. The molecule has 0 saturated heterocycles. The van der Waals surface area contributed by atoms with Gasteiger partial charge in [0, 0.05) is 17.7 Å². The lowest BCUT2D eigenvalue weighted by molar-refractivity contribution is -0.0528. The van der Waals surface area contributed by atoms with Gasteiger partial charge in [-0.15, -0.1) is 11.3 Å². The largest absolute Gasteiger partial charge is 0.485 e. The molecule has 3 heterocycles. The monoisotopic (exact) mass is 584 g/mol. The van der Waals surface area contributed by atoms with Gasteiger partial charge in [0.05, 0.1) is 51.6 Å². The molecule has 212 valence electrons. The molecule has 0 spiro atoms. The van der Waals surface area contributed by atoms with Crippen molar-refractivity contribution < 1.29 is 32.5 Å². The van der Waals surface area contributed by atoms with E-state index in [1.807, 2.05) is 13.0 Å². The first-order chi connectivity index (χ1) is 19.5. The summed E-state index contributed by atoms with van der Waals surface area (Å²) in [5.41, 5.74) is 2.78. The van der Waals surface area contributed by atoms with Gasteiger partial charge in [-0.1, -0.05) is 0 Å². The lowest BCUT2D eigenvalue weighted by Crippen LogP contribution is -2.46. The van der Waals surface area contributed by atoms with Crippen LogP contribution in [0.1, 0.15) is 25.2 Å². The predicted molar refractivity (Wildman–Crippen MR) is 146 cm³/mol. The number of thiazole rings is 1. The van der Waals surface area contributed by atoms with Crippen LogP contribution in [0, 0.1) is 19.7 Å². The Kier molecular flexibility index (Phi) is 7.58. The van der Waals surface area contributed by atoms with Crippen molar-refractivity contribution in [3.63, 3.8) is 0 Å². The molecule has 0 aliphatic heterocycles. The maximum Gasteiger partial charge on any atom is 0.412 e. The Hall–Kier alpha value is -4.59. The number of ether oxygens (including phenoxy) is 2. The Balaban J connectivity index is 1.45. The van der Waals surface area contributed by atoms with E-state index in [9.17, 15) is 18.7 Å². The van der Waals surface area contributed by atoms with Gasteiger partial charge in [0.1, 0.15) is 16.9 Å². The Bertz CT molecular complexity index is 1750. The number of aromatic nitrogens is 5. The number of halogens is 3. The second-order valence-electron chi connectivity index (χ2n) is 9.24. The summed E-state index contributed by atoms with van der Waals surface area (Å²) in [6, 6.07) is 5.54. The molecule has 0 saturated carbocycles. The van der Waals surface area contributed by atoms with Crippen LogP contribution in [-0.4, -0.2) is 54.9 Å². The van der Waals surface area contributed by atoms with Crippen molar-refractivity contribution >= 4 is 44.4 Å². The number of hydrogen-bond donors (Lipinski definition) is 1. The van der Waals surface area contributed by atoms with Crippen LogP contribution >= 0.6 is 11.3 Å². The maximum atomic E-state index is 15.1. The number of carbonyl (C=O) groups is 1. The number of fused-ring (bicyclic) bond motifs is 2. The Morgan fingerprint density at radius 1 is 0.976 bits per heavy atom. The molecule has 0 aliphatic carbocycles. The van der Waals surface area contributed by atoms with E-state index in [1.54, 1.807) is 26.8 Å². The van der Waals surface area contributed by atoms with Crippen molar-refractivity contribution in [1.29, 1.82) is 0 Å². The molecule has 3 aromatic heterocycles. The smallest absolute Gasteiger partial charge is 0.412 e. The van der Waals surface area contributed by atoms with Gasteiger partial charge in [0.25, 0.3) is 0 Å². The maximum absolute atomic E-state index is 15.1. The molecule has 0 aliphatic rings. The van der Waals surface area contributed by atoms with Gasteiger partial charge in [-0.05, 0) is 45.4 Å². The third-order valence-corrected chi connectivity index (χ3v) is 7.35. The zero-order valence-corrected chi connectivity index (χ0v) is 23.0. The van der Waals surface area contributed by atoms with Crippen molar-refractivity contribution in [3.8, 4) is 22.2 Å². The third kappa shape index (κ3) is 5.82. The van der Waals surface area contributed by atoms with Crippen molar-refractivity contribution in [2.24, 2.45) is 0 Å². The summed E-state index contributed by atoms with van der Waals surface area (Å²) in [7, 11) is 0. The van der Waals surface area contributed by atoms with Crippen molar-refractivity contribution in [2.75, 3.05) is 4.90 Å². The fourth-order valence-corrected chi connectivity index (χ4v) is 5.23. The number of alkyl halides is 2. The highest BCUT2D eigenvalue weighted by molar-refractivity contribution is 7.21. The van der Waals surface area contributed by atoms with E-state index in [-0.39, 0.29) is 17.3 Å². The summed E-state index contributed by atoms with van der Waals surface area (Å²) >= 11 is 1.26. The Labute approximate surface area is 235 Å². The van der Waals surface area contributed by atoms with Crippen LogP contribution in [0.25, 0.3) is 31.8 Å². The van der Waals surface area contributed by atoms with Crippen LogP contribution in [0.15, 0.2) is 42.9 Å². The number of rotatable bonds is 8. The zero-order chi connectivity index (χ0) is 29.4. The summed E-state index contributed by atoms with van der Waals surface area (Å²) in [6.07, 6.45) is 1.92. The number of benzene rings is 2. The van der Waals surface area contributed by atoms with Crippen LogP contribution in [0.3, 0.4) is 0 Å². The highest BCUT2D eigenvalue weighted by Crippen LogP contribution is 2.37. The number of nitrogens with zero attached hydrogens (tertiary/aromatic N) is 6. The molecule has 2 aromatic carbocycles. The van der Waals surface area contributed by atoms with Crippen LogP contribution in [0.2, 0.25) is 0 Å². The normalized spacial score (nSPS) is 13.0. The molecular weight excluding hydrogens is 561 g/mol. The van der Waals surface area contributed by atoms with Crippen LogP contribution in [0.4, 0.5) is 23.7 Å². The van der Waals surface area contributed by atoms with Crippen LogP contribution in [-0.2, 0) is 0 Å². The van der Waals surface area contributed by atoms with Gasteiger partial charge in [-0.3, -0.25) is 4.90 Å². The lowest BCUT2D eigenvalue weighted by Gasteiger charge is -2.30. The van der Waals surface area contributed by atoms with Gasteiger partial charge >= 0.3 is 12.7 Å². The molecule has 0 bridgehead atoms. The second-order valence-corrected chi connectivity index (χ2v) is 10.3. The Morgan fingerprint density at radius 3 is 2.39 bits per heavy atom. The zero-order valence-electron chi connectivity index (χ0n) is 22.2. The van der Waals surface area contributed by atoms with Gasteiger partial charge < -0.3 is 14.6 Å². The van der Waals surface area contributed by atoms with E-state index in [0.717, 1.165) is 16.7 Å². The van der Waals surface area contributed by atoms with E-state index < -0.39 is 30.7 Å². The molecule has 2 atom stereocenters. The minimum absolute atomic E-state index is 0.0692. The van der Waals surface area contributed by atoms with Crippen molar-refractivity contribution in [2.45, 2.75) is 46.5 Å². The average molecular weight is 585 g/mol. The quantitative estimate of drug-likeness (QED) is 0.221. The predicted octanol–water partition coefficient (Wildman–Crippen LogP) is 6.39. The van der Waals surface area contributed by atoms with Gasteiger partial charge in [0.2, 0.25) is 5.88 Å². The molecule has 14 heteroatoms. The van der Waals surface area contributed by atoms with E-state index in [0.29, 0.717) is 37.6 Å². The standard InChI is InChI=1S/C27H23F3N6O4S/c1-12-5-17(24-20(6-12)34-23(11-33-24)40-26(29)30)25-35-19-7-18(28)21(8-22(19)41-25)39-14(3)13(2)36(27(37)38)16-9-31-15(4)32-10-16/h5-11,13-14,26H,1-4H3,(H,37,38)/t13-,14+/m1/s1. The number of hydrogen-bond acceptors (Lipinski definition) is 9.